The van der Waals surface area contributed by atoms with Gasteiger partial charge in [-0.15, -0.1) is 0 Å². The van der Waals surface area contributed by atoms with Crippen molar-refractivity contribution in [2.45, 2.75) is 32.2 Å². The number of amides is 2. The third-order valence-corrected chi connectivity index (χ3v) is 4.06. The van der Waals surface area contributed by atoms with Crippen molar-refractivity contribution in [3.8, 4) is 0 Å². The lowest BCUT2D eigenvalue weighted by atomic mass is 10.1. The van der Waals surface area contributed by atoms with Crippen LogP contribution in [0.15, 0.2) is 24.3 Å². The van der Waals surface area contributed by atoms with Gasteiger partial charge in [0.15, 0.2) is 0 Å². The molecule has 2 amide bonds. The molecule has 0 heterocycles. The number of carbonyl (C=O) groups excluding carboxylic acids is 1. The minimum Gasteiger partial charge on any atom is -0.480 e. The Balaban J connectivity index is 2.15. The van der Waals surface area contributed by atoms with Gasteiger partial charge in [0, 0.05) is 16.8 Å². The highest BCUT2D eigenvalue weighted by Crippen LogP contribution is 2.26. The number of carboxylic acids is 1. The number of hydrogen-bond acceptors (Lipinski definition) is 2. The summed E-state index contributed by atoms with van der Waals surface area (Å²) in [6.45, 7) is 1.70. The van der Waals surface area contributed by atoms with Crippen LogP contribution >= 0.6 is 11.6 Å². The van der Waals surface area contributed by atoms with Gasteiger partial charge in [-0.3, -0.25) is 9.69 Å². The number of rotatable bonds is 4. The molecule has 0 spiro atoms. The summed E-state index contributed by atoms with van der Waals surface area (Å²) in [6.07, 6.45) is 3.10. The zero-order valence-electron chi connectivity index (χ0n) is 11.9. The lowest BCUT2D eigenvalue weighted by molar-refractivity contribution is -0.135. The average Bonchev–Trinajstić information content (AvgIpc) is 2.81. The van der Waals surface area contributed by atoms with Gasteiger partial charge >= 0.3 is 12.0 Å². The largest absolute Gasteiger partial charge is 0.480 e. The summed E-state index contributed by atoms with van der Waals surface area (Å²) < 4.78 is 0. The molecule has 2 atom stereocenters. The van der Waals surface area contributed by atoms with Gasteiger partial charge in [0.25, 0.3) is 0 Å². The van der Waals surface area contributed by atoms with E-state index in [4.69, 9.17) is 16.7 Å². The number of nitrogens with one attached hydrogen (secondary N) is 1. The number of carbonyl (C=O) groups is 2. The highest BCUT2D eigenvalue weighted by Gasteiger charge is 2.28. The van der Waals surface area contributed by atoms with Crippen molar-refractivity contribution >= 4 is 29.3 Å². The third kappa shape index (κ3) is 4.11. The van der Waals surface area contributed by atoms with Crippen LogP contribution in [0.25, 0.3) is 0 Å². The Morgan fingerprint density at radius 2 is 2.19 bits per heavy atom. The molecular formula is C15H19ClN2O3. The predicted molar refractivity (Wildman–Crippen MR) is 81.8 cm³/mol. The van der Waals surface area contributed by atoms with Gasteiger partial charge in [-0.1, -0.05) is 31.0 Å². The second-order valence-electron chi connectivity index (χ2n) is 5.42. The molecule has 5 nitrogen and oxygen atoms in total. The standard InChI is InChI=1S/C15H19ClN2O3/c1-10-4-2-7-13(10)17-15(21)18(9-14(19)20)12-6-3-5-11(16)8-12/h3,5-6,8,10,13H,2,4,7,9H2,1H3,(H,17,21)(H,19,20). The first-order valence-corrected chi connectivity index (χ1v) is 7.40. The summed E-state index contributed by atoms with van der Waals surface area (Å²) in [5.41, 5.74) is 0.480. The van der Waals surface area contributed by atoms with Gasteiger partial charge in [-0.25, -0.2) is 4.79 Å². The SMILES string of the molecule is CC1CCCC1NC(=O)N(CC(=O)O)c1cccc(Cl)c1. The number of urea groups is 1. The van der Waals surface area contributed by atoms with E-state index in [1.165, 1.54) is 4.90 Å². The van der Waals surface area contributed by atoms with E-state index in [1.54, 1.807) is 24.3 Å². The molecule has 1 aliphatic carbocycles. The molecule has 0 bridgehead atoms. The van der Waals surface area contributed by atoms with Crippen molar-refractivity contribution < 1.29 is 14.7 Å². The summed E-state index contributed by atoms with van der Waals surface area (Å²) in [4.78, 5) is 24.6. The summed E-state index contributed by atoms with van der Waals surface area (Å²) in [7, 11) is 0. The Morgan fingerprint density at radius 1 is 1.43 bits per heavy atom. The number of hydrogen-bond donors (Lipinski definition) is 2. The number of benzene rings is 1. The van der Waals surface area contributed by atoms with Crippen molar-refractivity contribution in [3.63, 3.8) is 0 Å². The molecule has 1 aliphatic rings. The summed E-state index contributed by atoms with van der Waals surface area (Å²) in [6, 6.07) is 6.35. The molecule has 1 fully saturated rings. The average molecular weight is 311 g/mol. The van der Waals surface area contributed by atoms with Gasteiger partial charge in [0.05, 0.1) is 0 Å². The van der Waals surface area contributed by atoms with Crippen molar-refractivity contribution in [1.29, 1.82) is 0 Å². The zero-order valence-corrected chi connectivity index (χ0v) is 12.6. The van der Waals surface area contributed by atoms with E-state index in [0.717, 1.165) is 19.3 Å². The maximum absolute atomic E-state index is 12.4. The van der Waals surface area contributed by atoms with Crippen molar-refractivity contribution in [3.05, 3.63) is 29.3 Å². The first-order chi connectivity index (χ1) is 9.97. The minimum atomic E-state index is -1.07. The zero-order chi connectivity index (χ0) is 15.4. The quantitative estimate of drug-likeness (QED) is 0.897. The van der Waals surface area contributed by atoms with Crippen molar-refractivity contribution in [2.24, 2.45) is 5.92 Å². The first kappa shape index (κ1) is 15.6. The molecule has 0 radical (unpaired) electrons. The van der Waals surface area contributed by atoms with E-state index in [0.29, 0.717) is 16.6 Å². The summed E-state index contributed by atoms with van der Waals surface area (Å²) in [5, 5.41) is 12.4. The molecule has 1 aromatic rings. The number of halogens is 1. The Hall–Kier alpha value is -1.75. The Kier molecular flexibility index (Phi) is 5.07. The molecule has 1 aromatic carbocycles. The smallest absolute Gasteiger partial charge is 0.323 e. The van der Waals surface area contributed by atoms with E-state index in [9.17, 15) is 9.59 Å². The minimum absolute atomic E-state index is 0.105. The predicted octanol–water partition coefficient (Wildman–Crippen LogP) is 3.13. The van der Waals surface area contributed by atoms with E-state index >= 15 is 0 Å². The molecule has 0 aliphatic heterocycles. The number of anilines is 1. The van der Waals surface area contributed by atoms with Crippen molar-refractivity contribution in [1.82, 2.24) is 5.32 Å². The van der Waals surface area contributed by atoms with Gasteiger partial charge in [0.2, 0.25) is 0 Å². The van der Waals surface area contributed by atoms with Crippen LogP contribution in [0.3, 0.4) is 0 Å². The molecule has 0 saturated heterocycles. The highest BCUT2D eigenvalue weighted by molar-refractivity contribution is 6.30. The molecule has 0 aromatic heterocycles. The number of carboxylic acid groups (broad SMARTS) is 1. The van der Waals surface area contributed by atoms with Crippen LogP contribution in [0.4, 0.5) is 10.5 Å². The van der Waals surface area contributed by atoms with E-state index in [1.807, 2.05) is 0 Å². The third-order valence-electron chi connectivity index (χ3n) is 3.83. The summed E-state index contributed by atoms with van der Waals surface area (Å²) in [5.74, 6) is -0.649. The lowest BCUT2D eigenvalue weighted by Crippen LogP contribution is -2.47. The summed E-state index contributed by atoms with van der Waals surface area (Å²) >= 11 is 5.92. The molecule has 114 valence electrons. The number of aliphatic carboxylic acids is 1. The van der Waals surface area contributed by atoms with E-state index in [-0.39, 0.29) is 6.04 Å². The Labute approximate surface area is 128 Å². The molecule has 2 unspecified atom stereocenters. The van der Waals surface area contributed by atoms with Crippen LogP contribution in [0.2, 0.25) is 5.02 Å². The van der Waals surface area contributed by atoms with Gasteiger partial charge in [-0.05, 0) is 37.0 Å². The molecule has 21 heavy (non-hydrogen) atoms. The highest BCUT2D eigenvalue weighted by atomic mass is 35.5. The van der Waals surface area contributed by atoms with Gasteiger partial charge in [-0.2, -0.15) is 0 Å². The first-order valence-electron chi connectivity index (χ1n) is 7.03. The molecular weight excluding hydrogens is 292 g/mol. The van der Waals surface area contributed by atoms with Crippen LogP contribution in [-0.2, 0) is 4.79 Å². The molecule has 1 saturated carbocycles. The fourth-order valence-electron chi connectivity index (χ4n) is 2.66. The fourth-order valence-corrected chi connectivity index (χ4v) is 2.84. The van der Waals surface area contributed by atoms with E-state index < -0.39 is 18.5 Å². The van der Waals surface area contributed by atoms with Gasteiger partial charge < -0.3 is 10.4 Å². The molecule has 2 rings (SSSR count). The number of nitrogens with zero attached hydrogens (tertiary/aromatic N) is 1. The fraction of sp³-hybridized carbons (Fsp3) is 0.467. The van der Waals surface area contributed by atoms with Crippen molar-refractivity contribution in [2.75, 3.05) is 11.4 Å². The van der Waals surface area contributed by atoms with Crippen LogP contribution in [0.1, 0.15) is 26.2 Å². The second-order valence-corrected chi connectivity index (χ2v) is 5.86. The van der Waals surface area contributed by atoms with Crippen LogP contribution in [0, 0.1) is 5.92 Å². The van der Waals surface area contributed by atoms with Gasteiger partial charge in [0.1, 0.15) is 6.54 Å². The maximum atomic E-state index is 12.4. The normalized spacial score (nSPS) is 21.0. The molecule has 2 N–H and O–H groups in total. The van der Waals surface area contributed by atoms with Crippen LogP contribution < -0.4 is 10.2 Å². The molecule has 6 heteroatoms. The maximum Gasteiger partial charge on any atom is 0.323 e. The lowest BCUT2D eigenvalue weighted by Gasteiger charge is -2.25. The van der Waals surface area contributed by atoms with Crippen LogP contribution in [0.5, 0.6) is 0 Å². The Morgan fingerprint density at radius 3 is 2.76 bits per heavy atom. The second kappa shape index (κ2) is 6.80. The topological polar surface area (TPSA) is 69.6 Å². The Bertz CT molecular complexity index is 535. The van der Waals surface area contributed by atoms with E-state index in [2.05, 4.69) is 12.2 Å². The van der Waals surface area contributed by atoms with Crippen LogP contribution in [-0.4, -0.2) is 29.7 Å². The monoisotopic (exact) mass is 310 g/mol.